The van der Waals surface area contributed by atoms with Gasteiger partial charge in [-0.15, -0.1) is 10.2 Å². The zero-order valence-electron chi connectivity index (χ0n) is 16.7. The second kappa shape index (κ2) is 8.57. The van der Waals surface area contributed by atoms with Gasteiger partial charge in [0.05, 0.1) is 12.2 Å². The van der Waals surface area contributed by atoms with E-state index in [0.717, 1.165) is 29.6 Å². The second-order valence-electron chi connectivity index (χ2n) is 7.66. The maximum absolute atomic E-state index is 12.4. The maximum atomic E-state index is 12.4. The van der Waals surface area contributed by atoms with Crippen LogP contribution >= 0.6 is 0 Å². The Kier molecular flexibility index (Phi) is 5.71. The van der Waals surface area contributed by atoms with E-state index in [1.807, 2.05) is 47.9 Å². The van der Waals surface area contributed by atoms with Gasteiger partial charge in [0.2, 0.25) is 5.88 Å². The number of fused-ring (bicyclic) bond motifs is 1. The predicted octanol–water partition coefficient (Wildman–Crippen LogP) is 5.41. The summed E-state index contributed by atoms with van der Waals surface area (Å²) >= 11 is 0. The Morgan fingerprint density at radius 3 is 2.41 bits per heavy atom. The number of nitrogens with zero attached hydrogens (tertiary/aromatic N) is 4. The molecule has 1 N–H and O–H groups in total. The van der Waals surface area contributed by atoms with Gasteiger partial charge in [0.25, 0.3) is 5.91 Å². The monoisotopic (exact) mass is 390 g/mol. The van der Waals surface area contributed by atoms with Crippen molar-refractivity contribution in [1.29, 1.82) is 0 Å². The van der Waals surface area contributed by atoms with Crippen molar-refractivity contribution in [2.24, 2.45) is 10.2 Å². The van der Waals surface area contributed by atoms with Gasteiger partial charge in [-0.2, -0.15) is 0 Å². The second-order valence-corrected chi connectivity index (χ2v) is 7.66. The summed E-state index contributed by atoms with van der Waals surface area (Å²) in [6, 6.07) is 14.9. The highest BCUT2D eigenvalue weighted by Crippen LogP contribution is 2.39. The molecule has 1 fully saturated rings. The average Bonchev–Trinajstić information content (AvgIpc) is 2.89. The number of carbonyl (C=O) groups excluding carboxylic acids is 1. The standard InChI is InChI=1S/C23H26N4O2/c1-17-10-12-18(13-11-17)22(28)25-24-21-19-8-4-5-9-20(19)27(23(21)29)16-26-14-6-2-3-7-15-26/h4-5,8-13,29H,2-3,6-7,14-16H2,1H3. The Balaban J connectivity index is 1.64. The molecule has 0 aliphatic carbocycles. The van der Waals surface area contributed by atoms with Gasteiger partial charge in [0, 0.05) is 10.9 Å². The smallest absolute Gasteiger partial charge is 0.295 e. The summed E-state index contributed by atoms with van der Waals surface area (Å²) in [6.45, 7) is 4.62. The molecule has 3 aromatic rings. The van der Waals surface area contributed by atoms with E-state index in [1.54, 1.807) is 12.1 Å². The average molecular weight is 390 g/mol. The van der Waals surface area contributed by atoms with E-state index < -0.39 is 5.91 Å². The van der Waals surface area contributed by atoms with E-state index in [1.165, 1.54) is 25.7 Å². The number of rotatable bonds is 4. The molecule has 150 valence electrons. The lowest BCUT2D eigenvalue weighted by Gasteiger charge is -2.21. The molecule has 0 spiro atoms. The molecular weight excluding hydrogens is 364 g/mol. The minimum Gasteiger partial charge on any atom is -0.493 e. The van der Waals surface area contributed by atoms with Gasteiger partial charge < -0.3 is 5.11 Å². The van der Waals surface area contributed by atoms with Crippen molar-refractivity contribution in [3.63, 3.8) is 0 Å². The molecule has 0 atom stereocenters. The van der Waals surface area contributed by atoms with Crippen molar-refractivity contribution in [3.05, 3.63) is 59.7 Å². The molecule has 4 rings (SSSR count). The van der Waals surface area contributed by atoms with Crippen LogP contribution in [0.1, 0.15) is 41.6 Å². The van der Waals surface area contributed by atoms with Crippen molar-refractivity contribution in [2.45, 2.75) is 39.3 Å². The number of azo groups is 1. The lowest BCUT2D eigenvalue weighted by Crippen LogP contribution is -2.27. The van der Waals surface area contributed by atoms with Gasteiger partial charge >= 0.3 is 0 Å². The SMILES string of the molecule is Cc1ccc(C(=O)N=Nc2c(O)n(CN3CCCCCC3)c3ccccc23)cc1. The first-order valence-corrected chi connectivity index (χ1v) is 10.2. The number of hydrogen-bond acceptors (Lipinski definition) is 4. The van der Waals surface area contributed by atoms with Crippen LogP contribution in [0.3, 0.4) is 0 Å². The molecule has 1 aliphatic heterocycles. The number of hydrogen-bond donors (Lipinski definition) is 1. The van der Waals surface area contributed by atoms with Gasteiger partial charge in [-0.3, -0.25) is 14.3 Å². The topological polar surface area (TPSA) is 70.2 Å². The summed E-state index contributed by atoms with van der Waals surface area (Å²) < 4.78 is 1.87. The molecule has 0 bridgehead atoms. The van der Waals surface area contributed by atoms with Crippen LogP contribution in [-0.4, -0.2) is 33.6 Å². The van der Waals surface area contributed by atoms with Crippen LogP contribution < -0.4 is 0 Å². The molecule has 2 aromatic carbocycles. The summed E-state index contributed by atoms with van der Waals surface area (Å²) in [7, 11) is 0. The van der Waals surface area contributed by atoms with Gasteiger partial charge in [0.15, 0.2) is 5.69 Å². The lowest BCUT2D eigenvalue weighted by atomic mass is 10.1. The van der Waals surface area contributed by atoms with Crippen molar-refractivity contribution < 1.29 is 9.90 Å². The Morgan fingerprint density at radius 2 is 1.69 bits per heavy atom. The first-order chi connectivity index (χ1) is 14.1. The van der Waals surface area contributed by atoms with Crippen LogP contribution in [0.15, 0.2) is 58.8 Å². The number of amides is 1. The molecule has 1 aromatic heterocycles. The summed E-state index contributed by atoms with van der Waals surface area (Å²) in [5.74, 6) is -0.371. The first kappa shape index (κ1) is 19.3. The van der Waals surface area contributed by atoms with Crippen molar-refractivity contribution in [2.75, 3.05) is 13.1 Å². The third kappa shape index (κ3) is 4.22. The van der Waals surface area contributed by atoms with E-state index in [-0.39, 0.29) is 5.88 Å². The van der Waals surface area contributed by atoms with E-state index in [9.17, 15) is 9.90 Å². The molecule has 1 amide bonds. The zero-order valence-corrected chi connectivity index (χ0v) is 16.7. The predicted molar refractivity (Wildman–Crippen MR) is 114 cm³/mol. The largest absolute Gasteiger partial charge is 0.493 e. The van der Waals surface area contributed by atoms with Crippen LogP contribution in [0.5, 0.6) is 5.88 Å². The quantitative estimate of drug-likeness (QED) is 0.605. The normalized spacial score (nSPS) is 15.8. The molecule has 0 radical (unpaired) electrons. The van der Waals surface area contributed by atoms with E-state index >= 15 is 0 Å². The molecule has 0 unspecified atom stereocenters. The van der Waals surface area contributed by atoms with Crippen LogP contribution in [-0.2, 0) is 6.67 Å². The molecule has 6 heteroatoms. The Morgan fingerprint density at radius 1 is 1.00 bits per heavy atom. The summed E-state index contributed by atoms with van der Waals surface area (Å²) in [6.07, 6.45) is 4.88. The van der Waals surface area contributed by atoms with Crippen molar-refractivity contribution in [1.82, 2.24) is 9.47 Å². The number of likely N-dealkylation sites (tertiary alicyclic amines) is 1. The lowest BCUT2D eigenvalue weighted by molar-refractivity contribution is 0.0995. The molecule has 1 saturated heterocycles. The first-order valence-electron chi connectivity index (χ1n) is 10.2. The third-order valence-electron chi connectivity index (χ3n) is 5.50. The Hall–Kier alpha value is -2.99. The molecule has 1 aliphatic rings. The fourth-order valence-electron chi connectivity index (χ4n) is 3.84. The highest BCUT2D eigenvalue weighted by atomic mass is 16.3. The maximum Gasteiger partial charge on any atom is 0.295 e. The van der Waals surface area contributed by atoms with E-state index in [4.69, 9.17) is 0 Å². The summed E-state index contributed by atoms with van der Waals surface area (Å²) in [4.78, 5) is 14.7. The Bertz CT molecular complexity index is 1030. The van der Waals surface area contributed by atoms with Crippen LogP contribution in [0.2, 0.25) is 0 Å². The number of carbonyl (C=O) groups is 1. The molecule has 2 heterocycles. The van der Waals surface area contributed by atoms with Crippen molar-refractivity contribution >= 4 is 22.5 Å². The third-order valence-corrected chi connectivity index (χ3v) is 5.50. The van der Waals surface area contributed by atoms with E-state index in [0.29, 0.717) is 17.9 Å². The van der Waals surface area contributed by atoms with Crippen LogP contribution in [0, 0.1) is 6.92 Å². The van der Waals surface area contributed by atoms with Crippen molar-refractivity contribution in [3.8, 4) is 5.88 Å². The number of benzene rings is 2. The number of para-hydroxylation sites is 1. The Labute approximate surface area is 170 Å². The molecule has 0 saturated carbocycles. The minimum atomic E-state index is -0.422. The fraction of sp³-hybridized carbons (Fsp3) is 0.348. The summed E-state index contributed by atoms with van der Waals surface area (Å²) in [5, 5.41) is 19.7. The van der Waals surface area contributed by atoms with Crippen LogP contribution in [0.25, 0.3) is 10.9 Å². The summed E-state index contributed by atoms with van der Waals surface area (Å²) in [5.41, 5.74) is 2.79. The van der Waals surface area contributed by atoms with Gasteiger partial charge in [-0.1, -0.05) is 48.7 Å². The fourth-order valence-corrected chi connectivity index (χ4v) is 3.84. The van der Waals surface area contributed by atoms with Gasteiger partial charge in [0.1, 0.15) is 0 Å². The van der Waals surface area contributed by atoms with E-state index in [2.05, 4.69) is 15.1 Å². The molecule has 6 nitrogen and oxygen atoms in total. The van der Waals surface area contributed by atoms with Gasteiger partial charge in [-0.25, -0.2) is 0 Å². The highest BCUT2D eigenvalue weighted by molar-refractivity contribution is 5.97. The molecular formula is C23H26N4O2. The molecule has 29 heavy (non-hydrogen) atoms. The number of aromatic hydroxyl groups is 1. The number of aromatic nitrogens is 1. The number of aryl methyl sites for hydroxylation is 1. The zero-order chi connectivity index (χ0) is 20.2. The minimum absolute atomic E-state index is 0.0518. The van der Waals surface area contributed by atoms with Gasteiger partial charge in [-0.05, 0) is 51.1 Å². The highest BCUT2D eigenvalue weighted by Gasteiger charge is 2.19. The van der Waals surface area contributed by atoms with Crippen LogP contribution in [0.4, 0.5) is 5.69 Å².